The summed E-state index contributed by atoms with van der Waals surface area (Å²) in [5.74, 6) is 1.04. The molecule has 3 aromatic carbocycles. The van der Waals surface area contributed by atoms with Crippen LogP contribution in [0.5, 0.6) is 5.75 Å². The third-order valence-corrected chi connectivity index (χ3v) is 6.26. The molecule has 160 valence electrons. The number of hydrogen-bond acceptors (Lipinski definition) is 5. The summed E-state index contributed by atoms with van der Waals surface area (Å²) < 4.78 is 4.15. The van der Waals surface area contributed by atoms with E-state index in [1.165, 1.54) is 5.69 Å². The van der Waals surface area contributed by atoms with E-state index < -0.39 is 0 Å². The summed E-state index contributed by atoms with van der Waals surface area (Å²) in [6.07, 6.45) is 1.86. The van der Waals surface area contributed by atoms with E-state index in [9.17, 15) is 5.11 Å². The van der Waals surface area contributed by atoms with E-state index in [4.69, 9.17) is 9.97 Å². The van der Waals surface area contributed by atoms with Crippen LogP contribution in [0.1, 0.15) is 0 Å². The number of nitrogens with zero attached hydrogens (tertiary/aromatic N) is 6. The fraction of sp³-hybridized carbons (Fsp3) is 0.200. The predicted molar refractivity (Wildman–Crippen MR) is 127 cm³/mol. The minimum absolute atomic E-state index is 0.237. The number of benzene rings is 3. The second kappa shape index (κ2) is 7.39. The molecular weight excluding hydrogens is 400 g/mol. The smallest absolute Gasteiger partial charge is 0.160 e. The molecule has 1 fully saturated rings. The number of aromatic nitrogens is 4. The second-order valence-electron chi connectivity index (χ2n) is 8.34. The molecule has 0 saturated carbocycles. The standard InChI is InChI=1S/C25H24N6O/c1-28-12-14-29(15-13-28)19-8-11-23-22(16-19)26-17-30(23)31-24-5-3-2-4-21(24)27-25(31)18-6-9-20(32)10-7-18/h2-11,16-17,32H,12-15H2,1H3. The lowest BCUT2D eigenvalue weighted by Gasteiger charge is -2.34. The molecule has 2 aromatic heterocycles. The van der Waals surface area contributed by atoms with Gasteiger partial charge in [-0.3, -0.25) is 0 Å². The van der Waals surface area contributed by atoms with Crippen LogP contribution in [0.2, 0.25) is 0 Å². The van der Waals surface area contributed by atoms with Crippen LogP contribution >= 0.6 is 0 Å². The molecule has 0 spiro atoms. The van der Waals surface area contributed by atoms with Crippen molar-refractivity contribution >= 4 is 27.8 Å². The highest BCUT2D eigenvalue weighted by Crippen LogP contribution is 2.29. The van der Waals surface area contributed by atoms with Crippen LogP contribution in [0.25, 0.3) is 33.5 Å². The van der Waals surface area contributed by atoms with Crippen molar-refractivity contribution < 1.29 is 5.11 Å². The highest BCUT2D eigenvalue weighted by atomic mass is 16.3. The Kier molecular flexibility index (Phi) is 4.36. The Balaban J connectivity index is 1.49. The SMILES string of the molecule is CN1CCN(c2ccc3c(c2)ncn3-n2c(-c3ccc(O)cc3)nc3ccccc32)CC1. The van der Waals surface area contributed by atoms with Crippen LogP contribution in [0, 0.1) is 0 Å². The van der Waals surface area contributed by atoms with Crippen molar-refractivity contribution in [3.8, 4) is 17.1 Å². The Morgan fingerprint density at radius 3 is 2.41 bits per heavy atom. The number of rotatable bonds is 3. The van der Waals surface area contributed by atoms with Crippen LogP contribution in [-0.2, 0) is 0 Å². The number of phenols is 1. The summed E-state index contributed by atoms with van der Waals surface area (Å²) in [7, 11) is 2.17. The van der Waals surface area contributed by atoms with Crippen molar-refractivity contribution in [3.05, 3.63) is 73.1 Å². The van der Waals surface area contributed by atoms with Gasteiger partial charge in [-0.25, -0.2) is 19.3 Å². The van der Waals surface area contributed by atoms with E-state index in [-0.39, 0.29) is 5.75 Å². The average molecular weight is 425 g/mol. The van der Waals surface area contributed by atoms with Gasteiger partial charge in [0.25, 0.3) is 0 Å². The molecule has 0 aliphatic carbocycles. The number of hydrogen-bond donors (Lipinski definition) is 1. The van der Waals surface area contributed by atoms with E-state index in [0.29, 0.717) is 0 Å². The molecule has 0 radical (unpaired) electrons. The van der Waals surface area contributed by atoms with E-state index in [1.54, 1.807) is 12.1 Å². The van der Waals surface area contributed by atoms with Crippen LogP contribution in [0.15, 0.2) is 73.1 Å². The number of aromatic hydroxyl groups is 1. The molecule has 0 bridgehead atoms. The average Bonchev–Trinajstić information content (AvgIpc) is 3.40. The van der Waals surface area contributed by atoms with Crippen LogP contribution in [0.4, 0.5) is 5.69 Å². The topological polar surface area (TPSA) is 62.4 Å². The maximum atomic E-state index is 9.74. The Bertz CT molecular complexity index is 1410. The first-order valence-corrected chi connectivity index (χ1v) is 10.9. The first kappa shape index (κ1) is 18.9. The zero-order chi connectivity index (χ0) is 21.7. The number of imidazole rings is 2. The maximum absolute atomic E-state index is 9.74. The number of piperazine rings is 1. The molecule has 5 aromatic rings. The molecule has 6 rings (SSSR count). The number of fused-ring (bicyclic) bond motifs is 2. The zero-order valence-corrected chi connectivity index (χ0v) is 17.9. The highest BCUT2D eigenvalue weighted by molar-refractivity contribution is 5.84. The third kappa shape index (κ3) is 3.09. The summed E-state index contributed by atoms with van der Waals surface area (Å²) in [6.45, 7) is 4.20. The van der Waals surface area contributed by atoms with Gasteiger partial charge in [0, 0.05) is 37.4 Å². The van der Waals surface area contributed by atoms with Gasteiger partial charge in [-0.15, -0.1) is 0 Å². The van der Waals surface area contributed by atoms with E-state index >= 15 is 0 Å². The molecule has 0 unspecified atom stereocenters. The molecule has 1 aliphatic heterocycles. The lowest BCUT2D eigenvalue weighted by molar-refractivity contribution is 0.313. The Labute approximate surface area is 185 Å². The van der Waals surface area contributed by atoms with E-state index in [2.05, 4.69) is 50.5 Å². The maximum Gasteiger partial charge on any atom is 0.160 e. The minimum Gasteiger partial charge on any atom is -0.508 e. The summed E-state index contributed by atoms with van der Waals surface area (Å²) in [4.78, 5) is 14.4. The van der Waals surface area contributed by atoms with Gasteiger partial charge in [-0.1, -0.05) is 12.1 Å². The molecule has 1 saturated heterocycles. The first-order chi connectivity index (χ1) is 15.7. The molecule has 1 N–H and O–H groups in total. The lowest BCUT2D eigenvalue weighted by Crippen LogP contribution is -2.44. The molecule has 32 heavy (non-hydrogen) atoms. The van der Waals surface area contributed by atoms with E-state index in [0.717, 1.165) is 59.6 Å². The summed E-state index contributed by atoms with van der Waals surface area (Å²) >= 11 is 0. The number of phenolic OH excluding ortho intramolecular Hbond substituents is 1. The predicted octanol–water partition coefficient (Wildman–Crippen LogP) is 3.82. The second-order valence-corrected chi connectivity index (χ2v) is 8.34. The van der Waals surface area contributed by atoms with Gasteiger partial charge >= 0.3 is 0 Å². The van der Waals surface area contributed by atoms with E-state index in [1.807, 2.05) is 36.7 Å². The molecule has 7 heteroatoms. The Morgan fingerprint density at radius 1 is 0.812 bits per heavy atom. The van der Waals surface area contributed by atoms with Crippen molar-refractivity contribution in [2.45, 2.75) is 0 Å². The molecular formula is C25H24N6O. The fourth-order valence-corrected chi connectivity index (χ4v) is 4.44. The lowest BCUT2D eigenvalue weighted by atomic mass is 10.2. The molecule has 1 aliphatic rings. The fourth-order valence-electron chi connectivity index (χ4n) is 4.44. The van der Waals surface area contributed by atoms with Crippen molar-refractivity contribution in [2.75, 3.05) is 38.1 Å². The minimum atomic E-state index is 0.237. The summed E-state index contributed by atoms with van der Waals surface area (Å²) in [6, 6.07) is 21.8. The van der Waals surface area contributed by atoms with Gasteiger partial charge in [0.2, 0.25) is 0 Å². The normalized spacial score (nSPS) is 15.1. The van der Waals surface area contributed by atoms with Crippen LogP contribution < -0.4 is 4.90 Å². The van der Waals surface area contributed by atoms with Gasteiger partial charge in [0.05, 0.1) is 22.1 Å². The summed E-state index contributed by atoms with van der Waals surface area (Å²) in [5.41, 5.74) is 6.02. The molecule has 0 amide bonds. The van der Waals surface area contributed by atoms with Crippen molar-refractivity contribution in [3.63, 3.8) is 0 Å². The van der Waals surface area contributed by atoms with Gasteiger partial charge in [-0.05, 0) is 61.6 Å². The third-order valence-electron chi connectivity index (χ3n) is 6.26. The van der Waals surface area contributed by atoms with Crippen molar-refractivity contribution in [1.29, 1.82) is 0 Å². The van der Waals surface area contributed by atoms with Gasteiger partial charge in [0.15, 0.2) is 5.82 Å². The van der Waals surface area contributed by atoms with Crippen LogP contribution in [-0.4, -0.2) is 62.6 Å². The Hall–Kier alpha value is -3.84. The number of likely N-dealkylation sites (N-methyl/N-ethyl adjacent to an activating group) is 1. The highest BCUT2D eigenvalue weighted by Gasteiger charge is 2.18. The van der Waals surface area contributed by atoms with Gasteiger partial charge in [0.1, 0.15) is 12.1 Å². The van der Waals surface area contributed by atoms with Gasteiger partial charge < -0.3 is 14.9 Å². The first-order valence-electron chi connectivity index (χ1n) is 10.9. The molecule has 3 heterocycles. The molecule has 0 atom stereocenters. The molecule has 7 nitrogen and oxygen atoms in total. The largest absolute Gasteiger partial charge is 0.508 e. The van der Waals surface area contributed by atoms with Crippen molar-refractivity contribution in [2.24, 2.45) is 0 Å². The van der Waals surface area contributed by atoms with Crippen LogP contribution in [0.3, 0.4) is 0 Å². The monoisotopic (exact) mass is 424 g/mol. The summed E-state index contributed by atoms with van der Waals surface area (Å²) in [5, 5.41) is 9.74. The quantitative estimate of drug-likeness (QED) is 0.477. The number of para-hydroxylation sites is 2. The van der Waals surface area contributed by atoms with Crippen molar-refractivity contribution in [1.82, 2.24) is 24.2 Å². The van der Waals surface area contributed by atoms with Gasteiger partial charge in [-0.2, -0.15) is 0 Å². The number of anilines is 1. The zero-order valence-electron chi connectivity index (χ0n) is 17.9. The Morgan fingerprint density at radius 2 is 1.59 bits per heavy atom.